The Morgan fingerprint density at radius 3 is 1.77 bits per heavy atom. The molecular formula is C24H37N2O3Si2. The molecule has 0 aliphatic heterocycles. The molecule has 169 valence electrons. The van der Waals surface area contributed by atoms with Gasteiger partial charge in [-0.1, -0.05) is 19.3 Å². The Kier molecular flexibility index (Phi) is 11.0. The fraction of sp³-hybridized carbons (Fsp3) is 0.500. The molecule has 0 fully saturated rings. The molecule has 2 rings (SSSR count). The predicted octanol–water partition coefficient (Wildman–Crippen LogP) is 7.91. The highest BCUT2D eigenvalue weighted by atomic mass is 28.4. The highest BCUT2D eigenvalue weighted by Gasteiger charge is 2.22. The Bertz CT molecular complexity index is 778. The third-order valence-corrected chi connectivity index (χ3v) is 10.1. The van der Waals surface area contributed by atoms with E-state index in [-0.39, 0.29) is 0 Å². The highest BCUT2D eigenvalue weighted by molar-refractivity contribution is 6.77. The van der Waals surface area contributed by atoms with Crippen LogP contribution in [0.2, 0.25) is 32.2 Å². The Labute approximate surface area is 190 Å². The number of azo groups is 1. The molecule has 0 atom stereocenters. The lowest BCUT2D eigenvalue weighted by molar-refractivity contribution is 0.305. The van der Waals surface area contributed by atoms with Gasteiger partial charge in [0.05, 0.1) is 24.6 Å². The number of nitrogens with zero attached hydrogens (tertiary/aromatic N) is 2. The first kappa shape index (κ1) is 25.3. The standard InChI is InChI=1S/C24H37N2O3Si2/c1-6-27-23-15-11-21(12-16-23)25-26-22-13-17-24(18-14-22)28-19-9-7-8-10-20-31(4,5)29-30(2)3/h11-18H,6-10,19-20H2,1-5H3. The first-order valence-electron chi connectivity index (χ1n) is 11.2. The number of hydrogen-bond donors (Lipinski definition) is 0. The summed E-state index contributed by atoms with van der Waals surface area (Å²) in [5.74, 6) is 1.72. The quantitative estimate of drug-likeness (QED) is 0.164. The van der Waals surface area contributed by atoms with Crippen LogP contribution in [0, 0.1) is 0 Å². The molecule has 0 unspecified atom stereocenters. The molecule has 0 saturated heterocycles. The Balaban J connectivity index is 1.64. The highest BCUT2D eigenvalue weighted by Crippen LogP contribution is 2.23. The lowest BCUT2D eigenvalue weighted by atomic mass is 10.2. The number of hydrogen-bond acceptors (Lipinski definition) is 5. The van der Waals surface area contributed by atoms with Crippen molar-refractivity contribution in [1.29, 1.82) is 0 Å². The van der Waals surface area contributed by atoms with Crippen molar-refractivity contribution in [3.8, 4) is 11.5 Å². The second-order valence-corrected chi connectivity index (χ2v) is 15.1. The van der Waals surface area contributed by atoms with E-state index in [1.807, 2.05) is 55.5 Å². The summed E-state index contributed by atoms with van der Waals surface area (Å²) in [6.07, 6.45) is 4.81. The van der Waals surface area contributed by atoms with Crippen molar-refractivity contribution in [2.75, 3.05) is 13.2 Å². The van der Waals surface area contributed by atoms with Gasteiger partial charge in [0.1, 0.15) is 11.5 Å². The van der Waals surface area contributed by atoms with Crippen molar-refractivity contribution in [1.82, 2.24) is 0 Å². The van der Waals surface area contributed by atoms with E-state index in [4.69, 9.17) is 13.6 Å². The van der Waals surface area contributed by atoms with Gasteiger partial charge < -0.3 is 13.6 Å². The smallest absolute Gasteiger partial charge is 0.191 e. The topological polar surface area (TPSA) is 52.4 Å². The van der Waals surface area contributed by atoms with Gasteiger partial charge in [-0.05, 0) is 94.1 Å². The first-order chi connectivity index (χ1) is 14.9. The van der Waals surface area contributed by atoms with E-state index in [1.54, 1.807) is 0 Å². The molecule has 0 bridgehead atoms. The molecule has 2 aromatic carbocycles. The minimum atomic E-state index is -1.44. The van der Waals surface area contributed by atoms with Crippen LogP contribution in [0.3, 0.4) is 0 Å². The van der Waals surface area contributed by atoms with E-state index in [9.17, 15) is 0 Å². The van der Waals surface area contributed by atoms with Gasteiger partial charge in [0, 0.05) is 0 Å². The lowest BCUT2D eigenvalue weighted by Gasteiger charge is -2.25. The molecule has 0 spiro atoms. The zero-order chi connectivity index (χ0) is 22.5. The Morgan fingerprint density at radius 2 is 1.26 bits per heavy atom. The van der Waals surface area contributed by atoms with Crippen molar-refractivity contribution >= 4 is 28.7 Å². The zero-order valence-corrected chi connectivity index (χ0v) is 21.7. The summed E-state index contributed by atoms with van der Waals surface area (Å²) >= 11 is 0. The summed E-state index contributed by atoms with van der Waals surface area (Å²) in [7, 11) is -2.01. The minimum Gasteiger partial charge on any atom is -0.494 e. The van der Waals surface area contributed by atoms with Gasteiger partial charge in [-0.25, -0.2) is 0 Å². The molecule has 0 amide bonds. The van der Waals surface area contributed by atoms with Crippen LogP contribution < -0.4 is 9.47 Å². The molecular weight excluding hydrogens is 420 g/mol. The van der Waals surface area contributed by atoms with E-state index >= 15 is 0 Å². The Hall–Kier alpha value is -1.97. The van der Waals surface area contributed by atoms with E-state index in [0.717, 1.165) is 35.9 Å². The summed E-state index contributed by atoms with van der Waals surface area (Å²) in [4.78, 5) is 0. The first-order valence-corrected chi connectivity index (χ1v) is 16.8. The number of unbranched alkanes of at least 4 members (excludes halogenated alkanes) is 3. The Morgan fingerprint density at radius 1 is 0.742 bits per heavy atom. The summed E-state index contributed by atoms with van der Waals surface area (Å²) in [6, 6.07) is 16.6. The van der Waals surface area contributed by atoms with Gasteiger partial charge in [-0.3, -0.25) is 0 Å². The van der Waals surface area contributed by atoms with Crippen molar-refractivity contribution in [3.63, 3.8) is 0 Å². The molecule has 0 heterocycles. The van der Waals surface area contributed by atoms with Crippen LogP contribution in [-0.4, -0.2) is 30.6 Å². The maximum absolute atomic E-state index is 6.19. The van der Waals surface area contributed by atoms with Crippen LogP contribution in [0.1, 0.15) is 32.6 Å². The molecule has 7 heteroatoms. The lowest BCUT2D eigenvalue weighted by Crippen LogP contribution is -2.34. The van der Waals surface area contributed by atoms with Crippen LogP contribution >= 0.6 is 0 Å². The van der Waals surface area contributed by atoms with Crippen LogP contribution in [0.5, 0.6) is 11.5 Å². The maximum Gasteiger partial charge on any atom is 0.191 e. The monoisotopic (exact) mass is 457 g/mol. The van der Waals surface area contributed by atoms with Crippen LogP contribution in [0.4, 0.5) is 11.4 Å². The summed E-state index contributed by atoms with van der Waals surface area (Å²) in [5.41, 5.74) is 1.60. The molecule has 0 aliphatic carbocycles. The van der Waals surface area contributed by atoms with Crippen molar-refractivity contribution in [3.05, 3.63) is 48.5 Å². The number of rotatable bonds is 14. The normalized spacial score (nSPS) is 11.9. The molecule has 0 aromatic heterocycles. The molecule has 2 aromatic rings. The molecule has 5 nitrogen and oxygen atoms in total. The van der Waals surface area contributed by atoms with E-state index in [2.05, 4.69) is 36.4 Å². The van der Waals surface area contributed by atoms with Crippen LogP contribution in [0.15, 0.2) is 58.8 Å². The van der Waals surface area contributed by atoms with Crippen molar-refractivity contribution < 1.29 is 13.6 Å². The average molecular weight is 458 g/mol. The van der Waals surface area contributed by atoms with Crippen LogP contribution in [-0.2, 0) is 4.12 Å². The SMILES string of the molecule is CCOc1ccc(N=Nc2ccc(OCCCCCC[Si](C)(C)O[Si](C)C)cc2)cc1. The predicted molar refractivity (Wildman–Crippen MR) is 133 cm³/mol. The second-order valence-electron chi connectivity index (χ2n) is 8.40. The van der Waals surface area contributed by atoms with Gasteiger partial charge in [-0.2, -0.15) is 10.2 Å². The van der Waals surface area contributed by atoms with E-state index < -0.39 is 17.4 Å². The van der Waals surface area contributed by atoms with Crippen molar-refractivity contribution in [2.24, 2.45) is 10.2 Å². The fourth-order valence-corrected chi connectivity index (χ4v) is 9.23. The summed E-state index contributed by atoms with van der Waals surface area (Å²) in [6.45, 7) is 12.5. The van der Waals surface area contributed by atoms with Gasteiger partial charge in [0.2, 0.25) is 0 Å². The third kappa shape index (κ3) is 10.8. The largest absolute Gasteiger partial charge is 0.494 e. The van der Waals surface area contributed by atoms with Crippen molar-refractivity contribution in [2.45, 2.75) is 64.8 Å². The molecule has 1 radical (unpaired) electrons. The van der Waals surface area contributed by atoms with E-state index in [1.165, 1.54) is 25.3 Å². The van der Waals surface area contributed by atoms with Gasteiger partial charge in [0.25, 0.3) is 0 Å². The average Bonchev–Trinajstić information content (AvgIpc) is 2.72. The molecule has 0 N–H and O–H groups in total. The second kappa shape index (κ2) is 13.4. The molecule has 0 aliphatic rings. The van der Waals surface area contributed by atoms with Crippen LogP contribution in [0.25, 0.3) is 0 Å². The zero-order valence-electron chi connectivity index (χ0n) is 19.7. The summed E-state index contributed by atoms with van der Waals surface area (Å²) in [5, 5.41) is 8.55. The minimum absolute atomic E-state index is 0.572. The fourth-order valence-electron chi connectivity index (χ4n) is 3.30. The maximum atomic E-state index is 6.19. The molecule has 31 heavy (non-hydrogen) atoms. The van der Waals surface area contributed by atoms with Gasteiger partial charge >= 0.3 is 0 Å². The molecule has 0 saturated carbocycles. The third-order valence-electron chi connectivity index (χ3n) is 4.69. The number of benzene rings is 2. The van der Waals surface area contributed by atoms with Gasteiger partial charge in [0.15, 0.2) is 17.4 Å². The van der Waals surface area contributed by atoms with E-state index in [0.29, 0.717) is 6.61 Å². The number of ether oxygens (including phenoxy) is 2. The van der Waals surface area contributed by atoms with Gasteiger partial charge in [-0.15, -0.1) is 0 Å². The summed E-state index contributed by atoms with van der Waals surface area (Å²) < 4.78 is 17.5.